The molecule has 1 aromatic rings. The standard InChI is InChI=1S/C12H18N4/c1-9-11(8-16(2)15-9)12(7-13)14-10-5-3-4-6-10/h8,10,12,14H,3-6H2,1-2H3. The number of hydrogen-bond acceptors (Lipinski definition) is 3. The van der Waals surface area contributed by atoms with Crippen LogP contribution in [0.25, 0.3) is 0 Å². The molecule has 2 rings (SSSR count). The zero-order chi connectivity index (χ0) is 11.5. The Morgan fingerprint density at radius 3 is 2.75 bits per heavy atom. The average molecular weight is 218 g/mol. The summed E-state index contributed by atoms with van der Waals surface area (Å²) in [7, 11) is 1.89. The van der Waals surface area contributed by atoms with Crippen LogP contribution in [0.3, 0.4) is 0 Å². The molecule has 1 N–H and O–H groups in total. The van der Waals surface area contributed by atoms with Gasteiger partial charge in [-0.2, -0.15) is 10.4 Å². The summed E-state index contributed by atoms with van der Waals surface area (Å²) in [6, 6.07) is 2.63. The van der Waals surface area contributed by atoms with E-state index in [-0.39, 0.29) is 6.04 Å². The monoisotopic (exact) mass is 218 g/mol. The minimum atomic E-state index is -0.211. The first-order valence-electron chi connectivity index (χ1n) is 5.86. The number of aryl methyl sites for hydroxylation is 2. The van der Waals surface area contributed by atoms with Crippen LogP contribution in [0.4, 0.5) is 0 Å². The zero-order valence-corrected chi connectivity index (χ0v) is 9.90. The number of rotatable bonds is 3. The highest BCUT2D eigenvalue weighted by Gasteiger charge is 2.22. The highest BCUT2D eigenvalue weighted by molar-refractivity contribution is 5.25. The van der Waals surface area contributed by atoms with Crippen LogP contribution < -0.4 is 5.32 Å². The van der Waals surface area contributed by atoms with E-state index in [1.54, 1.807) is 4.68 Å². The summed E-state index contributed by atoms with van der Waals surface area (Å²) < 4.78 is 1.77. The first-order chi connectivity index (χ1) is 7.70. The van der Waals surface area contributed by atoms with E-state index in [0.717, 1.165) is 11.3 Å². The van der Waals surface area contributed by atoms with Gasteiger partial charge in [0.1, 0.15) is 6.04 Å². The minimum absolute atomic E-state index is 0.211. The van der Waals surface area contributed by atoms with Gasteiger partial charge in [0.25, 0.3) is 0 Å². The van der Waals surface area contributed by atoms with Gasteiger partial charge in [-0.05, 0) is 19.8 Å². The number of nitriles is 1. The Morgan fingerprint density at radius 2 is 2.25 bits per heavy atom. The van der Waals surface area contributed by atoms with Crippen molar-refractivity contribution in [3.63, 3.8) is 0 Å². The fourth-order valence-electron chi connectivity index (χ4n) is 2.43. The van der Waals surface area contributed by atoms with Crippen LogP contribution in [0.15, 0.2) is 6.20 Å². The van der Waals surface area contributed by atoms with Crippen molar-refractivity contribution in [3.8, 4) is 6.07 Å². The van der Waals surface area contributed by atoms with Gasteiger partial charge in [0.2, 0.25) is 0 Å². The predicted molar refractivity (Wildman–Crippen MR) is 61.7 cm³/mol. The summed E-state index contributed by atoms with van der Waals surface area (Å²) in [5.74, 6) is 0. The third-order valence-corrected chi connectivity index (χ3v) is 3.25. The smallest absolute Gasteiger partial charge is 0.124 e. The Balaban J connectivity index is 2.10. The molecule has 0 radical (unpaired) electrons. The van der Waals surface area contributed by atoms with Crippen molar-refractivity contribution in [2.45, 2.75) is 44.7 Å². The molecule has 0 amide bonds. The third-order valence-electron chi connectivity index (χ3n) is 3.25. The second-order valence-corrected chi connectivity index (χ2v) is 4.55. The van der Waals surface area contributed by atoms with Crippen molar-refractivity contribution in [2.75, 3.05) is 0 Å². The molecule has 0 spiro atoms. The second kappa shape index (κ2) is 4.67. The van der Waals surface area contributed by atoms with Gasteiger partial charge in [0, 0.05) is 24.8 Å². The lowest BCUT2D eigenvalue weighted by Gasteiger charge is -2.16. The second-order valence-electron chi connectivity index (χ2n) is 4.55. The van der Waals surface area contributed by atoms with Crippen molar-refractivity contribution in [1.29, 1.82) is 5.26 Å². The van der Waals surface area contributed by atoms with E-state index in [0.29, 0.717) is 6.04 Å². The van der Waals surface area contributed by atoms with Crippen LogP contribution in [0.1, 0.15) is 43.0 Å². The molecule has 0 aliphatic heterocycles. The fraction of sp³-hybridized carbons (Fsp3) is 0.667. The quantitative estimate of drug-likeness (QED) is 0.842. The van der Waals surface area contributed by atoms with Crippen molar-refractivity contribution in [3.05, 3.63) is 17.5 Å². The molecule has 0 bridgehead atoms. The lowest BCUT2D eigenvalue weighted by Crippen LogP contribution is -2.30. The summed E-state index contributed by atoms with van der Waals surface area (Å²) >= 11 is 0. The molecule has 86 valence electrons. The molecule has 16 heavy (non-hydrogen) atoms. The van der Waals surface area contributed by atoms with Crippen LogP contribution in [0.5, 0.6) is 0 Å². The Bertz CT molecular complexity index is 396. The molecular weight excluding hydrogens is 200 g/mol. The SMILES string of the molecule is Cc1nn(C)cc1C(C#N)NC1CCCC1. The first-order valence-corrected chi connectivity index (χ1v) is 5.86. The van der Waals surface area contributed by atoms with Crippen molar-refractivity contribution in [2.24, 2.45) is 7.05 Å². The molecule has 1 unspecified atom stereocenters. The Morgan fingerprint density at radius 1 is 1.56 bits per heavy atom. The van der Waals surface area contributed by atoms with Crippen LogP contribution in [-0.4, -0.2) is 15.8 Å². The molecule has 1 saturated carbocycles. The first kappa shape index (κ1) is 11.2. The number of nitrogens with zero attached hydrogens (tertiary/aromatic N) is 3. The van der Waals surface area contributed by atoms with E-state index < -0.39 is 0 Å². The van der Waals surface area contributed by atoms with Crippen molar-refractivity contribution < 1.29 is 0 Å². The maximum absolute atomic E-state index is 9.22. The van der Waals surface area contributed by atoms with Crippen LogP contribution in [-0.2, 0) is 7.05 Å². The summed E-state index contributed by atoms with van der Waals surface area (Å²) in [5, 5.41) is 16.9. The van der Waals surface area contributed by atoms with Gasteiger partial charge in [0.15, 0.2) is 0 Å². The van der Waals surface area contributed by atoms with E-state index in [4.69, 9.17) is 0 Å². The Kier molecular flexibility index (Phi) is 3.25. The third kappa shape index (κ3) is 2.25. The van der Waals surface area contributed by atoms with Gasteiger partial charge in [-0.15, -0.1) is 0 Å². The summed E-state index contributed by atoms with van der Waals surface area (Å²) in [6.07, 6.45) is 6.88. The van der Waals surface area contributed by atoms with Gasteiger partial charge in [-0.1, -0.05) is 12.8 Å². The maximum Gasteiger partial charge on any atom is 0.124 e. The van der Waals surface area contributed by atoms with Gasteiger partial charge in [-0.3, -0.25) is 10.00 Å². The molecule has 4 nitrogen and oxygen atoms in total. The zero-order valence-electron chi connectivity index (χ0n) is 9.90. The van der Waals surface area contributed by atoms with Crippen LogP contribution in [0.2, 0.25) is 0 Å². The van der Waals surface area contributed by atoms with E-state index in [1.807, 2.05) is 20.2 Å². The molecule has 1 heterocycles. The topological polar surface area (TPSA) is 53.6 Å². The van der Waals surface area contributed by atoms with Crippen LogP contribution in [0, 0.1) is 18.3 Å². The molecule has 0 aromatic carbocycles. The largest absolute Gasteiger partial charge is 0.295 e. The van der Waals surface area contributed by atoms with Crippen molar-refractivity contribution in [1.82, 2.24) is 15.1 Å². The molecule has 1 aliphatic rings. The molecule has 1 aliphatic carbocycles. The normalized spacial score (nSPS) is 18.6. The maximum atomic E-state index is 9.22. The lowest BCUT2D eigenvalue weighted by atomic mass is 10.1. The van der Waals surface area contributed by atoms with E-state index in [2.05, 4.69) is 16.5 Å². The van der Waals surface area contributed by atoms with Gasteiger partial charge >= 0.3 is 0 Å². The highest BCUT2D eigenvalue weighted by Crippen LogP contribution is 2.23. The van der Waals surface area contributed by atoms with Crippen LogP contribution >= 0.6 is 0 Å². The lowest BCUT2D eigenvalue weighted by molar-refractivity contribution is 0.491. The molecule has 1 atom stereocenters. The number of nitrogens with one attached hydrogen (secondary N) is 1. The number of aromatic nitrogens is 2. The van der Waals surface area contributed by atoms with E-state index >= 15 is 0 Å². The Hall–Kier alpha value is -1.34. The molecule has 1 aromatic heterocycles. The van der Waals surface area contributed by atoms with E-state index in [1.165, 1.54) is 25.7 Å². The minimum Gasteiger partial charge on any atom is -0.295 e. The summed E-state index contributed by atoms with van der Waals surface area (Å²) in [6.45, 7) is 1.95. The van der Waals surface area contributed by atoms with Crippen molar-refractivity contribution >= 4 is 0 Å². The Labute approximate surface area is 96.3 Å². The molecule has 0 saturated heterocycles. The highest BCUT2D eigenvalue weighted by atomic mass is 15.3. The molecular formula is C12H18N4. The fourth-order valence-corrected chi connectivity index (χ4v) is 2.43. The molecule has 1 fully saturated rings. The van der Waals surface area contributed by atoms with Gasteiger partial charge < -0.3 is 0 Å². The summed E-state index contributed by atoms with van der Waals surface area (Å²) in [4.78, 5) is 0. The molecule has 4 heteroatoms. The van der Waals surface area contributed by atoms with Gasteiger partial charge in [-0.25, -0.2) is 0 Å². The predicted octanol–water partition coefficient (Wildman–Crippen LogP) is 1.83. The number of hydrogen-bond donors (Lipinski definition) is 1. The summed E-state index contributed by atoms with van der Waals surface area (Å²) in [5.41, 5.74) is 1.96. The van der Waals surface area contributed by atoms with Gasteiger partial charge in [0.05, 0.1) is 11.8 Å². The van der Waals surface area contributed by atoms with E-state index in [9.17, 15) is 5.26 Å². The average Bonchev–Trinajstić information content (AvgIpc) is 2.85.